The molecule has 0 bridgehead atoms. The number of nitrogens with zero attached hydrogens (tertiary/aromatic N) is 1. The Bertz CT molecular complexity index is 669. The summed E-state index contributed by atoms with van der Waals surface area (Å²) in [5.41, 5.74) is 1.97. The number of benzene rings is 2. The number of halogens is 4. The molecule has 0 unspecified atom stereocenters. The second-order valence-corrected chi connectivity index (χ2v) is 4.31. The molecule has 7 heteroatoms. The minimum absolute atomic E-state index is 0.0136. The molecule has 2 aromatic carbocycles. The largest absolute Gasteiger partial charge is 0.496 e. The van der Waals surface area contributed by atoms with Crippen LogP contribution in [0.4, 0.5) is 23.2 Å². The van der Waals surface area contributed by atoms with Crippen LogP contribution in [0, 0.1) is 5.82 Å². The number of hydrazone groups is 1. The van der Waals surface area contributed by atoms with Crippen molar-refractivity contribution in [3.8, 4) is 5.75 Å². The van der Waals surface area contributed by atoms with Gasteiger partial charge in [0, 0.05) is 11.6 Å². The zero-order valence-corrected chi connectivity index (χ0v) is 11.5. The summed E-state index contributed by atoms with van der Waals surface area (Å²) in [6.07, 6.45) is -3.65. The number of alkyl halides is 3. The minimum atomic E-state index is -4.79. The monoisotopic (exact) mass is 312 g/mol. The predicted molar refractivity (Wildman–Crippen MR) is 75.6 cm³/mol. The Hall–Kier alpha value is -2.57. The van der Waals surface area contributed by atoms with E-state index in [9.17, 15) is 17.6 Å². The van der Waals surface area contributed by atoms with Crippen LogP contribution in [0.3, 0.4) is 0 Å². The van der Waals surface area contributed by atoms with E-state index in [1.54, 1.807) is 24.3 Å². The minimum Gasteiger partial charge on any atom is -0.496 e. The maximum atomic E-state index is 13.4. The Labute approximate surface area is 124 Å². The van der Waals surface area contributed by atoms with Crippen molar-refractivity contribution < 1.29 is 22.3 Å². The van der Waals surface area contributed by atoms with E-state index in [1.807, 2.05) is 6.07 Å². The lowest BCUT2D eigenvalue weighted by molar-refractivity contribution is -0.140. The van der Waals surface area contributed by atoms with Crippen LogP contribution in [-0.4, -0.2) is 13.3 Å². The van der Waals surface area contributed by atoms with Gasteiger partial charge in [0.2, 0.25) is 0 Å². The number of methoxy groups -OCH3 is 1. The molecule has 0 aliphatic rings. The van der Waals surface area contributed by atoms with Gasteiger partial charge in [0.25, 0.3) is 0 Å². The van der Waals surface area contributed by atoms with E-state index < -0.39 is 17.6 Å². The Balaban J connectivity index is 2.29. The van der Waals surface area contributed by atoms with Gasteiger partial charge in [-0.3, -0.25) is 5.43 Å². The lowest BCUT2D eigenvalue weighted by Crippen LogP contribution is -2.10. The summed E-state index contributed by atoms with van der Waals surface area (Å²) in [5.74, 6) is -1.43. The summed E-state index contributed by atoms with van der Waals surface area (Å²) in [5, 5.41) is 3.83. The van der Waals surface area contributed by atoms with E-state index in [0.717, 1.165) is 6.21 Å². The molecule has 3 nitrogen and oxygen atoms in total. The van der Waals surface area contributed by atoms with Crippen molar-refractivity contribution in [2.24, 2.45) is 5.10 Å². The third-order valence-corrected chi connectivity index (χ3v) is 2.80. The number of para-hydroxylation sites is 1. The highest BCUT2D eigenvalue weighted by atomic mass is 19.4. The second kappa shape index (κ2) is 6.46. The van der Waals surface area contributed by atoms with Gasteiger partial charge in [-0.2, -0.15) is 18.3 Å². The number of anilines is 1. The van der Waals surface area contributed by atoms with E-state index in [1.165, 1.54) is 7.11 Å². The SMILES string of the molecule is COc1cc(F)c(C(F)(F)F)cc1C=NNc1ccccc1. The molecule has 0 atom stereocenters. The van der Waals surface area contributed by atoms with Gasteiger partial charge in [-0.15, -0.1) is 0 Å². The summed E-state index contributed by atoms with van der Waals surface area (Å²) in [7, 11) is 1.24. The summed E-state index contributed by atoms with van der Waals surface area (Å²) in [6.45, 7) is 0. The Morgan fingerprint density at radius 1 is 1.14 bits per heavy atom. The molecular weight excluding hydrogens is 300 g/mol. The van der Waals surface area contributed by atoms with Crippen LogP contribution < -0.4 is 10.2 Å². The average molecular weight is 312 g/mol. The fourth-order valence-electron chi connectivity index (χ4n) is 1.76. The van der Waals surface area contributed by atoms with Crippen LogP contribution in [-0.2, 0) is 6.18 Å². The number of rotatable bonds is 4. The first-order valence-electron chi connectivity index (χ1n) is 6.20. The van der Waals surface area contributed by atoms with Crippen LogP contribution in [0.25, 0.3) is 0 Å². The molecule has 0 amide bonds. The highest BCUT2D eigenvalue weighted by molar-refractivity contribution is 5.84. The fourth-order valence-corrected chi connectivity index (χ4v) is 1.76. The molecule has 0 fully saturated rings. The van der Waals surface area contributed by atoms with Gasteiger partial charge in [-0.05, 0) is 18.2 Å². The van der Waals surface area contributed by atoms with Crippen LogP contribution in [0.5, 0.6) is 5.75 Å². The lowest BCUT2D eigenvalue weighted by atomic mass is 10.1. The van der Waals surface area contributed by atoms with Crippen LogP contribution >= 0.6 is 0 Å². The zero-order valence-electron chi connectivity index (χ0n) is 11.5. The molecule has 0 aromatic heterocycles. The van der Waals surface area contributed by atoms with Crippen molar-refractivity contribution in [3.63, 3.8) is 0 Å². The van der Waals surface area contributed by atoms with E-state index in [2.05, 4.69) is 10.5 Å². The molecule has 2 rings (SSSR count). The highest BCUT2D eigenvalue weighted by Gasteiger charge is 2.35. The van der Waals surface area contributed by atoms with E-state index in [4.69, 9.17) is 4.74 Å². The number of ether oxygens (including phenoxy) is 1. The van der Waals surface area contributed by atoms with Crippen molar-refractivity contribution in [2.45, 2.75) is 6.18 Å². The molecule has 116 valence electrons. The quantitative estimate of drug-likeness (QED) is 0.519. The van der Waals surface area contributed by atoms with Gasteiger partial charge in [0.05, 0.1) is 24.6 Å². The van der Waals surface area contributed by atoms with Gasteiger partial charge in [-0.1, -0.05) is 18.2 Å². The standard InChI is InChI=1S/C15H12F4N2O/c1-22-14-8-13(16)12(15(17,18)19)7-10(14)9-20-21-11-5-3-2-4-6-11/h2-9,21H,1H3. The van der Waals surface area contributed by atoms with Crippen molar-refractivity contribution in [2.75, 3.05) is 12.5 Å². The topological polar surface area (TPSA) is 33.6 Å². The summed E-state index contributed by atoms with van der Waals surface area (Å²) in [4.78, 5) is 0. The molecule has 2 aromatic rings. The molecule has 0 aliphatic heterocycles. The first-order chi connectivity index (χ1) is 10.4. The average Bonchev–Trinajstić information content (AvgIpc) is 2.48. The summed E-state index contributed by atoms with van der Waals surface area (Å²) < 4.78 is 56.4. The van der Waals surface area contributed by atoms with Gasteiger partial charge < -0.3 is 4.74 Å². The van der Waals surface area contributed by atoms with Crippen LogP contribution in [0.1, 0.15) is 11.1 Å². The normalized spacial score (nSPS) is 11.7. The molecule has 0 spiro atoms. The third-order valence-electron chi connectivity index (χ3n) is 2.80. The van der Waals surface area contributed by atoms with E-state index in [-0.39, 0.29) is 11.3 Å². The highest BCUT2D eigenvalue weighted by Crippen LogP contribution is 2.34. The predicted octanol–water partition coefficient (Wildman–Crippen LogP) is 4.30. The molecule has 0 heterocycles. The molecule has 0 aliphatic carbocycles. The van der Waals surface area contributed by atoms with Crippen LogP contribution in [0.15, 0.2) is 47.6 Å². The fraction of sp³-hybridized carbons (Fsp3) is 0.133. The maximum absolute atomic E-state index is 13.4. The molecule has 0 saturated heterocycles. The Kier molecular flexibility index (Phi) is 4.65. The molecule has 0 saturated carbocycles. The summed E-state index contributed by atoms with van der Waals surface area (Å²) in [6, 6.07) is 10.2. The van der Waals surface area contributed by atoms with Gasteiger partial charge >= 0.3 is 6.18 Å². The molecular formula is C15H12F4N2O. The van der Waals surface area contributed by atoms with Crippen molar-refractivity contribution >= 4 is 11.9 Å². The lowest BCUT2D eigenvalue weighted by Gasteiger charge is -2.11. The number of hydrogen-bond acceptors (Lipinski definition) is 3. The summed E-state index contributed by atoms with van der Waals surface area (Å²) >= 11 is 0. The second-order valence-electron chi connectivity index (χ2n) is 4.31. The molecule has 0 radical (unpaired) electrons. The third kappa shape index (κ3) is 3.75. The van der Waals surface area contributed by atoms with Gasteiger partial charge in [0.15, 0.2) is 0 Å². The Morgan fingerprint density at radius 2 is 1.82 bits per heavy atom. The maximum Gasteiger partial charge on any atom is 0.419 e. The smallest absolute Gasteiger partial charge is 0.419 e. The van der Waals surface area contributed by atoms with E-state index in [0.29, 0.717) is 17.8 Å². The molecule has 22 heavy (non-hydrogen) atoms. The van der Waals surface area contributed by atoms with Crippen LogP contribution in [0.2, 0.25) is 0 Å². The van der Waals surface area contributed by atoms with Gasteiger partial charge in [0.1, 0.15) is 11.6 Å². The van der Waals surface area contributed by atoms with Gasteiger partial charge in [-0.25, -0.2) is 4.39 Å². The van der Waals surface area contributed by atoms with Crippen molar-refractivity contribution in [3.05, 3.63) is 59.4 Å². The van der Waals surface area contributed by atoms with Crippen molar-refractivity contribution in [1.29, 1.82) is 0 Å². The molecule has 1 N–H and O–H groups in total. The van der Waals surface area contributed by atoms with Crippen molar-refractivity contribution in [1.82, 2.24) is 0 Å². The van der Waals surface area contributed by atoms with E-state index >= 15 is 0 Å². The number of hydrogen-bond donors (Lipinski definition) is 1. The first-order valence-corrected chi connectivity index (χ1v) is 6.20. The number of nitrogens with one attached hydrogen (secondary N) is 1. The Morgan fingerprint density at radius 3 is 2.41 bits per heavy atom. The first kappa shape index (κ1) is 15.8. The zero-order chi connectivity index (χ0) is 16.2.